The Kier molecular flexibility index (Phi) is 4.31. The Labute approximate surface area is 145 Å². The molecule has 2 heterocycles. The van der Waals surface area contributed by atoms with Crippen molar-refractivity contribution in [2.24, 2.45) is 0 Å². The number of nitrogens with one attached hydrogen (secondary N) is 1. The van der Waals surface area contributed by atoms with Crippen LogP contribution in [0.1, 0.15) is 12.8 Å². The zero-order valence-electron chi connectivity index (χ0n) is 13.9. The number of unbranched alkanes of at least 4 members (excludes halogenated alkanes) is 1. The van der Waals surface area contributed by atoms with Crippen molar-refractivity contribution in [3.8, 4) is 11.3 Å². The summed E-state index contributed by atoms with van der Waals surface area (Å²) in [6.45, 7) is 1.01. The summed E-state index contributed by atoms with van der Waals surface area (Å²) < 4.78 is 1.87. The van der Waals surface area contributed by atoms with E-state index in [1.165, 1.54) is 10.8 Å². The minimum Gasteiger partial charge on any atom is -0.396 e. The van der Waals surface area contributed by atoms with Crippen LogP contribution in [-0.4, -0.2) is 32.9 Å². The number of aliphatic hydroxyl groups is 1. The number of nitrogens with zero attached hydrogens (tertiary/aromatic N) is 3. The Morgan fingerprint density at radius 3 is 2.72 bits per heavy atom. The first-order valence-electron chi connectivity index (χ1n) is 8.54. The van der Waals surface area contributed by atoms with Crippen LogP contribution in [0.4, 0.5) is 5.82 Å². The predicted octanol–water partition coefficient (Wildman–Crippen LogP) is 3.73. The topological polar surface area (TPSA) is 62.5 Å². The highest BCUT2D eigenvalue weighted by Crippen LogP contribution is 2.25. The monoisotopic (exact) mass is 332 g/mol. The maximum absolute atomic E-state index is 8.86. The molecule has 0 saturated carbocycles. The van der Waals surface area contributed by atoms with Crippen LogP contribution in [0.5, 0.6) is 0 Å². The lowest BCUT2D eigenvalue weighted by molar-refractivity contribution is 0.286. The van der Waals surface area contributed by atoms with Crippen molar-refractivity contribution in [2.75, 3.05) is 18.5 Å². The normalized spacial score (nSPS) is 11.2. The van der Waals surface area contributed by atoms with E-state index in [0.29, 0.717) is 0 Å². The third-order valence-corrected chi connectivity index (χ3v) is 4.30. The number of anilines is 1. The van der Waals surface area contributed by atoms with Crippen LogP contribution in [0, 0.1) is 0 Å². The van der Waals surface area contributed by atoms with E-state index in [4.69, 9.17) is 5.11 Å². The molecule has 0 aliphatic rings. The Morgan fingerprint density at radius 1 is 0.960 bits per heavy atom. The van der Waals surface area contributed by atoms with Crippen molar-refractivity contribution >= 4 is 22.2 Å². The number of aliphatic hydroxyl groups excluding tert-OH is 1. The highest BCUT2D eigenvalue weighted by Gasteiger charge is 2.08. The number of benzene rings is 2. The van der Waals surface area contributed by atoms with E-state index in [9.17, 15) is 0 Å². The van der Waals surface area contributed by atoms with Crippen molar-refractivity contribution in [3.05, 3.63) is 60.8 Å². The zero-order valence-corrected chi connectivity index (χ0v) is 13.9. The van der Waals surface area contributed by atoms with Gasteiger partial charge in [0, 0.05) is 18.7 Å². The second-order valence-corrected chi connectivity index (χ2v) is 6.05. The summed E-state index contributed by atoms with van der Waals surface area (Å²) in [5.41, 5.74) is 2.89. The van der Waals surface area contributed by atoms with Crippen molar-refractivity contribution in [2.45, 2.75) is 12.8 Å². The summed E-state index contributed by atoms with van der Waals surface area (Å²) in [6.07, 6.45) is 3.57. The van der Waals surface area contributed by atoms with E-state index in [-0.39, 0.29) is 6.61 Å². The highest BCUT2D eigenvalue weighted by atomic mass is 16.2. The molecule has 0 saturated heterocycles. The Bertz CT molecular complexity index is 1010. The molecule has 0 spiro atoms. The van der Waals surface area contributed by atoms with Crippen molar-refractivity contribution < 1.29 is 5.11 Å². The minimum absolute atomic E-state index is 0.224. The number of rotatable bonds is 6. The minimum atomic E-state index is 0.224. The number of fused-ring (bicyclic) bond motifs is 2. The third-order valence-electron chi connectivity index (χ3n) is 4.30. The standard InChI is InChI=1S/C20H20N4O/c25-12-4-3-11-21-19-9-10-20-22-14-18(24(20)23-19)17-8-7-15-5-1-2-6-16(15)13-17/h1-2,5-10,13-14,25H,3-4,11-12H2,(H,21,23). The number of hydrogen-bond acceptors (Lipinski definition) is 4. The van der Waals surface area contributed by atoms with Crippen LogP contribution in [0.2, 0.25) is 0 Å². The predicted molar refractivity (Wildman–Crippen MR) is 101 cm³/mol. The highest BCUT2D eigenvalue weighted by molar-refractivity contribution is 5.87. The number of hydrogen-bond donors (Lipinski definition) is 2. The van der Waals surface area contributed by atoms with E-state index in [2.05, 4.69) is 45.7 Å². The second kappa shape index (κ2) is 6.91. The average Bonchev–Trinajstić information content (AvgIpc) is 3.08. The molecule has 4 rings (SSSR count). The maximum atomic E-state index is 8.86. The van der Waals surface area contributed by atoms with Gasteiger partial charge in [0.1, 0.15) is 5.82 Å². The van der Waals surface area contributed by atoms with E-state index >= 15 is 0 Å². The molecule has 0 fully saturated rings. The smallest absolute Gasteiger partial charge is 0.154 e. The van der Waals surface area contributed by atoms with Crippen molar-refractivity contribution in [3.63, 3.8) is 0 Å². The van der Waals surface area contributed by atoms with Gasteiger partial charge < -0.3 is 10.4 Å². The van der Waals surface area contributed by atoms with Crippen molar-refractivity contribution in [1.82, 2.24) is 14.6 Å². The van der Waals surface area contributed by atoms with Gasteiger partial charge in [-0.15, -0.1) is 5.10 Å². The molecule has 0 unspecified atom stereocenters. The van der Waals surface area contributed by atoms with Gasteiger partial charge in [-0.2, -0.15) is 0 Å². The van der Waals surface area contributed by atoms with Gasteiger partial charge in [-0.05, 0) is 41.8 Å². The van der Waals surface area contributed by atoms with Gasteiger partial charge in [-0.1, -0.05) is 36.4 Å². The summed E-state index contributed by atoms with van der Waals surface area (Å²) in [6, 6.07) is 18.6. The van der Waals surface area contributed by atoms with E-state index in [1.807, 2.05) is 35.0 Å². The quantitative estimate of drug-likeness (QED) is 0.528. The summed E-state index contributed by atoms with van der Waals surface area (Å²) in [5, 5.41) is 19.3. The molecule has 25 heavy (non-hydrogen) atoms. The first kappa shape index (κ1) is 15.6. The third kappa shape index (κ3) is 3.19. The van der Waals surface area contributed by atoms with Crippen LogP contribution >= 0.6 is 0 Å². The largest absolute Gasteiger partial charge is 0.396 e. The van der Waals surface area contributed by atoms with E-state index in [0.717, 1.165) is 42.1 Å². The fourth-order valence-electron chi connectivity index (χ4n) is 2.97. The van der Waals surface area contributed by atoms with Crippen molar-refractivity contribution in [1.29, 1.82) is 0 Å². The lowest BCUT2D eigenvalue weighted by atomic mass is 10.1. The lowest BCUT2D eigenvalue weighted by Gasteiger charge is -2.07. The summed E-state index contributed by atoms with van der Waals surface area (Å²) in [5.74, 6) is 0.811. The van der Waals surface area contributed by atoms with Gasteiger partial charge in [0.15, 0.2) is 5.65 Å². The molecule has 4 aromatic rings. The SMILES string of the molecule is OCCCCNc1ccc2ncc(-c3ccc4ccccc4c3)n2n1. The molecule has 2 N–H and O–H groups in total. The first-order valence-corrected chi connectivity index (χ1v) is 8.54. The van der Waals surface area contributed by atoms with Crippen LogP contribution in [0.15, 0.2) is 60.8 Å². The molecule has 2 aromatic heterocycles. The van der Waals surface area contributed by atoms with Crippen LogP contribution < -0.4 is 5.32 Å². The number of imidazole rings is 1. The Morgan fingerprint density at radius 2 is 1.84 bits per heavy atom. The molecule has 0 amide bonds. The fourth-order valence-corrected chi connectivity index (χ4v) is 2.97. The molecule has 5 nitrogen and oxygen atoms in total. The molecular formula is C20H20N4O. The van der Waals surface area contributed by atoms with Gasteiger partial charge in [0.25, 0.3) is 0 Å². The summed E-state index contributed by atoms with van der Waals surface area (Å²) >= 11 is 0. The van der Waals surface area contributed by atoms with Crippen LogP contribution in [0.25, 0.3) is 27.7 Å². The molecule has 2 aromatic carbocycles. The molecule has 5 heteroatoms. The van der Waals surface area contributed by atoms with Gasteiger partial charge in [-0.25, -0.2) is 9.50 Å². The zero-order chi connectivity index (χ0) is 17.1. The van der Waals surface area contributed by atoms with E-state index in [1.54, 1.807) is 0 Å². The Balaban J connectivity index is 1.68. The van der Waals surface area contributed by atoms with Crippen LogP contribution in [-0.2, 0) is 0 Å². The summed E-state index contributed by atoms with van der Waals surface area (Å²) in [4.78, 5) is 4.47. The summed E-state index contributed by atoms with van der Waals surface area (Å²) in [7, 11) is 0. The molecular weight excluding hydrogens is 312 g/mol. The van der Waals surface area contributed by atoms with Gasteiger partial charge >= 0.3 is 0 Å². The van der Waals surface area contributed by atoms with E-state index < -0.39 is 0 Å². The molecule has 126 valence electrons. The Hall–Kier alpha value is -2.92. The van der Waals surface area contributed by atoms with Gasteiger partial charge in [-0.3, -0.25) is 0 Å². The number of aromatic nitrogens is 3. The molecule has 0 atom stereocenters. The van der Waals surface area contributed by atoms with Gasteiger partial charge in [0.2, 0.25) is 0 Å². The molecule has 0 bridgehead atoms. The fraction of sp³-hybridized carbons (Fsp3) is 0.200. The maximum Gasteiger partial charge on any atom is 0.154 e. The lowest BCUT2D eigenvalue weighted by Crippen LogP contribution is -2.06. The van der Waals surface area contributed by atoms with Gasteiger partial charge in [0.05, 0.1) is 11.9 Å². The average molecular weight is 332 g/mol. The molecule has 0 radical (unpaired) electrons. The first-order chi connectivity index (χ1) is 12.3. The second-order valence-electron chi connectivity index (χ2n) is 6.05. The molecule has 0 aliphatic carbocycles. The molecule has 0 aliphatic heterocycles. The van der Waals surface area contributed by atoms with Crippen LogP contribution in [0.3, 0.4) is 0 Å².